The zero-order valence-electron chi connectivity index (χ0n) is 8.83. The maximum Gasteiger partial charge on any atom is 0.299 e. The number of hydrogen-bond donors (Lipinski definition) is 1. The van der Waals surface area contributed by atoms with Crippen LogP contribution in [-0.4, -0.2) is 34.1 Å². The van der Waals surface area contributed by atoms with E-state index in [4.69, 9.17) is 0 Å². The van der Waals surface area contributed by atoms with Gasteiger partial charge in [-0.15, -0.1) is 0 Å². The van der Waals surface area contributed by atoms with Crippen molar-refractivity contribution in [2.75, 3.05) is 6.54 Å². The maximum atomic E-state index is 13.9. The van der Waals surface area contributed by atoms with E-state index in [2.05, 4.69) is 0 Å². The second-order valence-electron chi connectivity index (χ2n) is 4.79. The lowest BCUT2D eigenvalue weighted by molar-refractivity contribution is -0.219. The first-order valence-corrected chi connectivity index (χ1v) is 5.21. The Morgan fingerprint density at radius 1 is 1.53 bits per heavy atom. The number of hydrogen-bond acceptors (Lipinski definition) is 2. The predicted octanol–water partition coefficient (Wildman–Crippen LogP) is 1.22. The summed E-state index contributed by atoms with van der Waals surface area (Å²) in [6, 6.07) is 0. The zero-order valence-corrected chi connectivity index (χ0v) is 8.83. The standard InChI is InChI=1S/C10H15F2NO2/c1-6(2)7-5-13-8(14)3-4-9(13,15)10(7,11)12/h6-7,15H,3-5H2,1-2H3/t7-,9-/m0/s1. The summed E-state index contributed by atoms with van der Waals surface area (Å²) in [6.07, 6.45) is -0.126. The second kappa shape index (κ2) is 2.90. The van der Waals surface area contributed by atoms with Crippen molar-refractivity contribution in [2.45, 2.75) is 38.3 Å². The van der Waals surface area contributed by atoms with Gasteiger partial charge in [0.05, 0.1) is 0 Å². The van der Waals surface area contributed by atoms with Gasteiger partial charge in [-0.1, -0.05) is 13.8 Å². The molecule has 2 aliphatic rings. The van der Waals surface area contributed by atoms with Crippen LogP contribution in [-0.2, 0) is 4.79 Å². The predicted molar refractivity (Wildman–Crippen MR) is 49.2 cm³/mol. The van der Waals surface area contributed by atoms with E-state index in [9.17, 15) is 18.7 Å². The van der Waals surface area contributed by atoms with Gasteiger partial charge in [-0.05, 0) is 5.92 Å². The van der Waals surface area contributed by atoms with Crippen LogP contribution in [0.4, 0.5) is 8.78 Å². The SMILES string of the molecule is CC(C)[C@@H]1CN2C(=O)CC[C@]2(O)C1(F)F. The Balaban J connectivity index is 2.38. The topological polar surface area (TPSA) is 40.5 Å². The molecule has 0 spiro atoms. The number of amides is 1. The van der Waals surface area contributed by atoms with Gasteiger partial charge in [0.15, 0.2) is 0 Å². The maximum absolute atomic E-state index is 13.9. The molecule has 0 aromatic rings. The molecule has 0 aromatic heterocycles. The zero-order chi connectivity index (χ0) is 11.4. The van der Waals surface area contributed by atoms with E-state index in [1.54, 1.807) is 13.8 Å². The third-order valence-corrected chi connectivity index (χ3v) is 3.62. The van der Waals surface area contributed by atoms with Crippen LogP contribution in [0.25, 0.3) is 0 Å². The quantitative estimate of drug-likeness (QED) is 0.720. The van der Waals surface area contributed by atoms with Gasteiger partial charge in [0.1, 0.15) is 0 Å². The molecule has 1 amide bonds. The van der Waals surface area contributed by atoms with Crippen molar-refractivity contribution < 1.29 is 18.7 Å². The minimum Gasteiger partial charge on any atom is -0.366 e. The lowest BCUT2D eigenvalue weighted by Crippen LogP contribution is -2.52. The molecule has 2 aliphatic heterocycles. The number of aliphatic hydroxyl groups is 1. The summed E-state index contributed by atoms with van der Waals surface area (Å²) in [5.41, 5.74) is -2.22. The molecule has 15 heavy (non-hydrogen) atoms. The molecule has 0 aromatic carbocycles. The molecule has 2 fully saturated rings. The van der Waals surface area contributed by atoms with Gasteiger partial charge >= 0.3 is 0 Å². The lowest BCUT2D eigenvalue weighted by atomic mass is 9.87. The van der Waals surface area contributed by atoms with Crippen molar-refractivity contribution in [1.29, 1.82) is 0 Å². The average Bonchev–Trinajstić information content (AvgIpc) is 2.50. The number of rotatable bonds is 1. The summed E-state index contributed by atoms with van der Waals surface area (Å²) in [4.78, 5) is 12.3. The number of nitrogens with zero attached hydrogens (tertiary/aromatic N) is 1. The number of carbonyl (C=O) groups excluding carboxylic acids is 1. The van der Waals surface area contributed by atoms with E-state index in [-0.39, 0.29) is 31.2 Å². The summed E-state index contributed by atoms with van der Waals surface area (Å²) in [5.74, 6) is -4.73. The van der Waals surface area contributed by atoms with Crippen molar-refractivity contribution in [3.05, 3.63) is 0 Å². The van der Waals surface area contributed by atoms with Crippen LogP contribution in [0.15, 0.2) is 0 Å². The van der Waals surface area contributed by atoms with Gasteiger partial charge in [0.25, 0.3) is 5.92 Å². The lowest BCUT2D eigenvalue weighted by Gasteiger charge is -2.32. The summed E-state index contributed by atoms with van der Waals surface area (Å²) < 4.78 is 27.9. The largest absolute Gasteiger partial charge is 0.366 e. The number of alkyl halides is 2. The highest BCUT2D eigenvalue weighted by Gasteiger charge is 2.70. The Hall–Kier alpha value is -0.710. The fraction of sp³-hybridized carbons (Fsp3) is 0.900. The van der Waals surface area contributed by atoms with Crippen LogP contribution in [0.3, 0.4) is 0 Å². The van der Waals surface area contributed by atoms with Crippen LogP contribution < -0.4 is 0 Å². The van der Waals surface area contributed by atoms with Gasteiger partial charge in [-0.25, -0.2) is 8.78 Å². The smallest absolute Gasteiger partial charge is 0.299 e. The van der Waals surface area contributed by atoms with Crippen molar-refractivity contribution in [2.24, 2.45) is 11.8 Å². The molecular formula is C10H15F2NO2. The van der Waals surface area contributed by atoms with Crippen molar-refractivity contribution in [3.8, 4) is 0 Å². The summed E-state index contributed by atoms with van der Waals surface area (Å²) in [7, 11) is 0. The minimum absolute atomic E-state index is 0.0247. The van der Waals surface area contributed by atoms with Crippen molar-refractivity contribution in [1.82, 2.24) is 4.90 Å². The molecule has 2 rings (SSSR count). The van der Waals surface area contributed by atoms with Gasteiger partial charge in [0, 0.05) is 25.3 Å². The van der Waals surface area contributed by atoms with Crippen LogP contribution in [0.1, 0.15) is 26.7 Å². The highest BCUT2D eigenvalue weighted by Crippen LogP contribution is 2.52. The number of fused-ring (bicyclic) bond motifs is 1. The van der Waals surface area contributed by atoms with Crippen molar-refractivity contribution in [3.63, 3.8) is 0 Å². The highest BCUT2D eigenvalue weighted by atomic mass is 19.3. The molecule has 0 saturated carbocycles. The van der Waals surface area contributed by atoms with E-state index in [0.717, 1.165) is 4.90 Å². The summed E-state index contributed by atoms with van der Waals surface area (Å²) >= 11 is 0. The Labute approximate surface area is 87.1 Å². The van der Waals surface area contributed by atoms with Crippen LogP contribution >= 0.6 is 0 Å². The third-order valence-electron chi connectivity index (χ3n) is 3.62. The van der Waals surface area contributed by atoms with E-state index >= 15 is 0 Å². The summed E-state index contributed by atoms with van der Waals surface area (Å²) in [6.45, 7) is 3.35. The number of halogens is 2. The molecule has 0 bridgehead atoms. The first kappa shape index (κ1) is 10.8. The molecule has 2 saturated heterocycles. The first-order chi connectivity index (χ1) is 6.80. The number of carbonyl (C=O) groups is 1. The van der Waals surface area contributed by atoms with Crippen LogP contribution in [0.5, 0.6) is 0 Å². The Morgan fingerprint density at radius 2 is 2.13 bits per heavy atom. The Bertz CT molecular complexity index is 306. The molecule has 5 heteroatoms. The highest BCUT2D eigenvalue weighted by molar-refractivity contribution is 5.80. The molecular weight excluding hydrogens is 204 g/mol. The fourth-order valence-electron chi connectivity index (χ4n) is 2.59. The van der Waals surface area contributed by atoms with Crippen LogP contribution in [0, 0.1) is 11.8 Å². The van der Waals surface area contributed by atoms with Gasteiger partial charge in [-0.2, -0.15) is 0 Å². The third kappa shape index (κ3) is 1.16. The molecule has 0 unspecified atom stereocenters. The average molecular weight is 219 g/mol. The van der Waals surface area contributed by atoms with Crippen molar-refractivity contribution >= 4 is 5.91 Å². The summed E-state index contributed by atoms with van der Waals surface area (Å²) in [5, 5.41) is 9.90. The minimum atomic E-state index is -3.19. The van der Waals surface area contributed by atoms with E-state index in [1.807, 2.05) is 0 Å². The van der Waals surface area contributed by atoms with E-state index in [0.29, 0.717) is 0 Å². The van der Waals surface area contributed by atoms with Crippen LogP contribution in [0.2, 0.25) is 0 Å². The van der Waals surface area contributed by atoms with Gasteiger partial charge in [-0.3, -0.25) is 4.79 Å². The molecule has 1 N–H and O–H groups in total. The molecule has 0 aliphatic carbocycles. The molecule has 2 atom stereocenters. The van der Waals surface area contributed by atoms with Gasteiger partial charge in [0.2, 0.25) is 11.6 Å². The fourth-order valence-corrected chi connectivity index (χ4v) is 2.59. The monoisotopic (exact) mass is 219 g/mol. The first-order valence-electron chi connectivity index (χ1n) is 5.21. The Kier molecular flexibility index (Phi) is 2.09. The van der Waals surface area contributed by atoms with E-state index < -0.39 is 17.6 Å². The normalized spacial score (nSPS) is 38.9. The molecule has 86 valence electrons. The molecule has 2 heterocycles. The van der Waals surface area contributed by atoms with Gasteiger partial charge < -0.3 is 10.0 Å². The second-order valence-corrected chi connectivity index (χ2v) is 4.79. The molecule has 3 nitrogen and oxygen atoms in total. The Morgan fingerprint density at radius 3 is 2.60 bits per heavy atom. The van der Waals surface area contributed by atoms with E-state index in [1.165, 1.54) is 0 Å². The molecule has 0 radical (unpaired) electrons.